The summed E-state index contributed by atoms with van der Waals surface area (Å²) in [6, 6.07) is 13.2. The van der Waals surface area contributed by atoms with Gasteiger partial charge in [0.2, 0.25) is 0 Å². The zero-order valence-corrected chi connectivity index (χ0v) is 13.6. The van der Waals surface area contributed by atoms with Crippen molar-refractivity contribution < 1.29 is 0 Å². The first kappa shape index (κ1) is 14.6. The van der Waals surface area contributed by atoms with E-state index in [1.807, 2.05) is 43.3 Å². The topological polar surface area (TPSA) is 17.1 Å². The molecule has 21 heavy (non-hydrogen) atoms. The minimum absolute atomic E-state index is 0.105. The predicted molar refractivity (Wildman–Crippen MR) is 92.1 cm³/mol. The molecule has 0 atom stereocenters. The van der Waals surface area contributed by atoms with Crippen LogP contribution in [0.1, 0.15) is 16.0 Å². The van der Waals surface area contributed by atoms with Crippen LogP contribution in [0, 0.1) is 6.92 Å². The van der Waals surface area contributed by atoms with Crippen molar-refractivity contribution in [2.24, 2.45) is 0 Å². The summed E-state index contributed by atoms with van der Waals surface area (Å²) in [6.07, 6.45) is 0.572. The number of hydrogen-bond donors (Lipinski definition) is 0. The molecule has 0 radical (unpaired) electrons. The molecule has 0 aliphatic heterocycles. The molecule has 0 unspecified atom stereocenters. The monoisotopic (exact) mass is 334 g/mol. The van der Waals surface area contributed by atoms with Gasteiger partial charge in [-0.2, -0.15) is 0 Å². The summed E-state index contributed by atoms with van der Waals surface area (Å²) in [5.41, 5.74) is 1.93. The molecule has 0 aliphatic rings. The van der Waals surface area contributed by atoms with Crippen LogP contribution in [0.2, 0.25) is 10.0 Å². The summed E-state index contributed by atoms with van der Waals surface area (Å²) < 4.78 is 1.03. The fourth-order valence-electron chi connectivity index (χ4n) is 2.35. The van der Waals surface area contributed by atoms with E-state index in [1.54, 1.807) is 17.4 Å². The van der Waals surface area contributed by atoms with Gasteiger partial charge in [-0.25, -0.2) is 0 Å². The summed E-state index contributed by atoms with van der Waals surface area (Å²) >= 11 is 13.6. The Balaban J connectivity index is 2.12. The Morgan fingerprint density at radius 1 is 1.05 bits per heavy atom. The van der Waals surface area contributed by atoms with Crippen molar-refractivity contribution >= 4 is 44.6 Å². The molecular weight excluding hydrogens is 323 g/mol. The second-order valence-corrected chi connectivity index (χ2v) is 6.96. The Morgan fingerprint density at radius 2 is 1.81 bits per heavy atom. The predicted octanol–water partition coefficient (Wildman–Crippen LogP) is 5.47. The Labute approximate surface area is 136 Å². The van der Waals surface area contributed by atoms with Crippen LogP contribution in [0.25, 0.3) is 10.1 Å². The van der Waals surface area contributed by atoms with Gasteiger partial charge < -0.3 is 0 Å². The minimum Gasteiger partial charge on any atom is -0.289 e. The van der Waals surface area contributed by atoms with E-state index >= 15 is 0 Å². The van der Waals surface area contributed by atoms with E-state index in [-0.39, 0.29) is 5.43 Å². The van der Waals surface area contributed by atoms with Crippen molar-refractivity contribution in [3.05, 3.63) is 78.7 Å². The molecule has 0 bridgehead atoms. The molecule has 0 spiro atoms. The lowest BCUT2D eigenvalue weighted by Crippen LogP contribution is -2.10. The average Bonchev–Trinajstić information content (AvgIpc) is 2.47. The van der Waals surface area contributed by atoms with Crippen molar-refractivity contribution in [2.75, 3.05) is 0 Å². The van der Waals surface area contributed by atoms with Crippen LogP contribution in [0.3, 0.4) is 0 Å². The van der Waals surface area contributed by atoms with E-state index < -0.39 is 0 Å². The molecule has 2 aromatic carbocycles. The van der Waals surface area contributed by atoms with Crippen molar-refractivity contribution in [2.45, 2.75) is 13.3 Å². The molecule has 1 aromatic heterocycles. The number of hydrogen-bond acceptors (Lipinski definition) is 2. The maximum atomic E-state index is 12.7. The van der Waals surface area contributed by atoms with E-state index in [0.29, 0.717) is 16.5 Å². The third-order valence-corrected chi connectivity index (χ3v) is 5.33. The van der Waals surface area contributed by atoms with E-state index in [2.05, 4.69) is 0 Å². The maximum Gasteiger partial charge on any atom is 0.191 e. The number of halogens is 2. The van der Waals surface area contributed by atoms with E-state index in [0.717, 1.165) is 26.1 Å². The first-order chi connectivity index (χ1) is 10.1. The number of fused-ring (bicyclic) bond motifs is 1. The molecular formula is C17H12Cl2OS. The zero-order valence-electron chi connectivity index (χ0n) is 11.3. The van der Waals surface area contributed by atoms with Gasteiger partial charge in [-0.15, -0.1) is 11.3 Å². The second kappa shape index (κ2) is 5.80. The first-order valence-electron chi connectivity index (χ1n) is 6.51. The smallest absolute Gasteiger partial charge is 0.191 e. The Morgan fingerprint density at radius 3 is 2.57 bits per heavy atom. The molecule has 1 nitrogen and oxygen atoms in total. The molecule has 0 aliphatic carbocycles. The first-order valence-corrected chi connectivity index (χ1v) is 8.09. The van der Waals surface area contributed by atoms with Crippen LogP contribution in [0.15, 0.2) is 47.3 Å². The summed E-state index contributed by atoms with van der Waals surface area (Å²) in [5.74, 6) is 0. The van der Waals surface area contributed by atoms with E-state index in [1.165, 1.54) is 0 Å². The minimum atomic E-state index is 0.105. The molecule has 3 rings (SSSR count). The van der Waals surface area contributed by atoms with Crippen LogP contribution >= 0.6 is 34.5 Å². The summed E-state index contributed by atoms with van der Waals surface area (Å²) in [6.45, 7) is 1.99. The van der Waals surface area contributed by atoms with Gasteiger partial charge in [0, 0.05) is 26.9 Å². The van der Waals surface area contributed by atoms with Crippen LogP contribution in [-0.4, -0.2) is 0 Å². The summed E-state index contributed by atoms with van der Waals surface area (Å²) in [7, 11) is 0. The van der Waals surface area contributed by atoms with E-state index in [4.69, 9.17) is 23.2 Å². The van der Waals surface area contributed by atoms with Crippen molar-refractivity contribution in [3.63, 3.8) is 0 Å². The van der Waals surface area contributed by atoms with Gasteiger partial charge in [-0.05, 0) is 36.8 Å². The lowest BCUT2D eigenvalue weighted by Gasteiger charge is -2.08. The van der Waals surface area contributed by atoms with Crippen LogP contribution in [0.5, 0.6) is 0 Å². The quantitative estimate of drug-likeness (QED) is 0.607. The van der Waals surface area contributed by atoms with Gasteiger partial charge >= 0.3 is 0 Å². The third-order valence-electron chi connectivity index (χ3n) is 3.46. The third kappa shape index (κ3) is 2.84. The van der Waals surface area contributed by atoms with Crippen LogP contribution in [0.4, 0.5) is 0 Å². The normalized spacial score (nSPS) is 11.0. The summed E-state index contributed by atoms with van der Waals surface area (Å²) in [4.78, 5) is 13.7. The molecule has 4 heteroatoms. The SMILES string of the molecule is Cc1sc2ccccc2c(=O)c1Cc1ccc(Cl)c(Cl)c1. The molecule has 3 aromatic rings. The maximum absolute atomic E-state index is 12.7. The van der Waals surface area contributed by atoms with Crippen molar-refractivity contribution in [1.29, 1.82) is 0 Å². The van der Waals surface area contributed by atoms with Gasteiger partial charge in [0.15, 0.2) is 5.43 Å². The standard InChI is InChI=1S/C17H12Cl2OS/c1-10-13(8-11-6-7-14(18)15(19)9-11)17(20)12-4-2-3-5-16(12)21-10/h2-7,9H,8H2,1H3. The average molecular weight is 335 g/mol. The second-order valence-electron chi connectivity index (χ2n) is 4.89. The fraction of sp³-hybridized carbons (Fsp3) is 0.118. The van der Waals surface area contributed by atoms with Crippen molar-refractivity contribution in [1.82, 2.24) is 0 Å². The summed E-state index contributed by atoms with van der Waals surface area (Å²) in [5, 5.41) is 1.83. The highest BCUT2D eigenvalue weighted by Crippen LogP contribution is 2.26. The molecule has 0 amide bonds. The van der Waals surface area contributed by atoms with Gasteiger partial charge in [0.25, 0.3) is 0 Å². The van der Waals surface area contributed by atoms with Crippen LogP contribution in [-0.2, 0) is 6.42 Å². The highest BCUT2D eigenvalue weighted by molar-refractivity contribution is 7.18. The van der Waals surface area contributed by atoms with Crippen molar-refractivity contribution in [3.8, 4) is 0 Å². The lowest BCUT2D eigenvalue weighted by molar-refractivity contribution is 1.16. The molecule has 0 saturated carbocycles. The highest BCUT2D eigenvalue weighted by Gasteiger charge is 2.11. The van der Waals surface area contributed by atoms with Gasteiger partial charge in [-0.3, -0.25) is 4.79 Å². The highest BCUT2D eigenvalue weighted by atomic mass is 35.5. The molecule has 0 N–H and O–H groups in total. The van der Waals surface area contributed by atoms with Gasteiger partial charge in [0.1, 0.15) is 0 Å². The number of rotatable bonds is 2. The van der Waals surface area contributed by atoms with E-state index in [9.17, 15) is 4.79 Å². The Kier molecular flexibility index (Phi) is 4.03. The Bertz CT molecular complexity index is 884. The molecule has 1 heterocycles. The zero-order chi connectivity index (χ0) is 15.0. The number of aryl methyl sites for hydroxylation is 1. The Hall–Kier alpha value is -1.35. The molecule has 106 valence electrons. The van der Waals surface area contributed by atoms with Gasteiger partial charge in [-0.1, -0.05) is 41.4 Å². The lowest BCUT2D eigenvalue weighted by atomic mass is 10.0. The fourth-order valence-corrected chi connectivity index (χ4v) is 3.71. The number of benzene rings is 2. The molecule has 0 saturated heterocycles. The molecule has 0 fully saturated rings. The van der Waals surface area contributed by atoms with Gasteiger partial charge in [0.05, 0.1) is 10.0 Å². The largest absolute Gasteiger partial charge is 0.289 e. The van der Waals surface area contributed by atoms with Crippen LogP contribution < -0.4 is 5.43 Å².